The van der Waals surface area contributed by atoms with Crippen molar-refractivity contribution in [3.63, 3.8) is 0 Å². The van der Waals surface area contributed by atoms with Crippen molar-refractivity contribution >= 4 is 27.5 Å². The third kappa shape index (κ3) is 2.23. The monoisotopic (exact) mass is 296 g/mol. The van der Waals surface area contributed by atoms with Crippen LogP contribution in [0.3, 0.4) is 0 Å². The fraction of sp³-hybridized carbons (Fsp3) is 0.0769. The second-order valence-corrected chi connectivity index (χ2v) is 4.59. The Hall–Kier alpha value is -0.990. The van der Waals surface area contributed by atoms with E-state index in [1.165, 1.54) is 0 Å². The van der Waals surface area contributed by atoms with Gasteiger partial charge in [-0.2, -0.15) is 0 Å². The van der Waals surface area contributed by atoms with Gasteiger partial charge in [0.2, 0.25) is 0 Å². The van der Waals surface area contributed by atoms with Gasteiger partial charge in [0, 0.05) is 15.1 Å². The van der Waals surface area contributed by atoms with Crippen molar-refractivity contribution in [1.82, 2.24) is 0 Å². The molecule has 0 fully saturated rings. The van der Waals surface area contributed by atoms with Crippen LogP contribution in [0.25, 0.3) is 11.1 Å². The summed E-state index contributed by atoms with van der Waals surface area (Å²) in [4.78, 5) is 0. The van der Waals surface area contributed by atoms with Crippen LogP contribution in [-0.2, 0) is 0 Å². The van der Waals surface area contributed by atoms with Crippen molar-refractivity contribution in [2.24, 2.45) is 0 Å². The fourth-order valence-corrected chi connectivity index (χ4v) is 2.33. The van der Waals surface area contributed by atoms with Gasteiger partial charge in [0.15, 0.2) is 0 Å². The van der Waals surface area contributed by atoms with Crippen molar-refractivity contribution in [2.45, 2.75) is 0 Å². The van der Waals surface area contributed by atoms with E-state index < -0.39 is 0 Å². The van der Waals surface area contributed by atoms with Gasteiger partial charge in [-0.25, -0.2) is 0 Å². The molecule has 1 nitrogen and oxygen atoms in total. The maximum Gasteiger partial charge on any atom is 0.120 e. The summed E-state index contributed by atoms with van der Waals surface area (Å²) < 4.78 is 6.13. The summed E-state index contributed by atoms with van der Waals surface area (Å²) in [6, 6.07) is 13.6. The van der Waals surface area contributed by atoms with Crippen molar-refractivity contribution in [1.29, 1.82) is 0 Å². The molecule has 2 rings (SSSR count). The third-order valence-electron chi connectivity index (χ3n) is 2.34. The van der Waals surface area contributed by atoms with Crippen LogP contribution in [-0.4, -0.2) is 7.11 Å². The van der Waals surface area contributed by atoms with E-state index in [0.29, 0.717) is 0 Å². The van der Waals surface area contributed by atoms with E-state index in [1.807, 2.05) is 42.5 Å². The maximum atomic E-state index is 6.15. The molecule has 0 spiro atoms. The van der Waals surface area contributed by atoms with Crippen LogP contribution in [0.15, 0.2) is 46.9 Å². The number of rotatable bonds is 2. The maximum absolute atomic E-state index is 6.15. The first-order valence-corrected chi connectivity index (χ1v) is 5.98. The van der Waals surface area contributed by atoms with Crippen LogP contribution in [0.5, 0.6) is 5.75 Å². The smallest absolute Gasteiger partial charge is 0.120 e. The van der Waals surface area contributed by atoms with E-state index in [1.54, 1.807) is 7.11 Å². The molecule has 0 saturated carbocycles. The largest absolute Gasteiger partial charge is 0.497 e. The highest BCUT2D eigenvalue weighted by atomic mass is 79.9. The molecule has 0 aromatic heterocycles. The van der Waals surface area contributed by atoms with Gasteiger partial charge in [-0.15, -0.1) is 0 Å². The van der Waals surface area contributed by atoms with Gasteiger partial charge in [0.05, 0.1) is 7.11 Å². The molecule has 0 amide bonds. The Morgan fingerprint density at radius 2 is 1.81 bits per heavy atom. The van der Waals surface area contributed by atoms with Gasteiger partial charge >= 0.3 is 0 Å². The van der Waals surface area contributed by atoms with Crippen LogP contribution in [0.4, 0.5) is 0 Å². The highest BCUT2D eigenvalue weighted by Crippen LogP contribution is 2.35. The molecule has 0 atom stereocenters. The minimum Gasteiger partial charge on any atom is -0.497 e. The van der Waals surface area contributed by atoms with Gasteiger partial charge in [0.1, 0.15) is 5.75 Å². The first-order chi connectivity index (χ1) is 7.72. The number of hydrogen-bond acceptors (Lipinski definition) is 1. The minimum absolute atomic E-state index is 0.744. The zero-order chi connectivity index (χ0) is 11.5. The summed E-state index contributed by atoms with van der Waals surface area (Å²) in [5, 5.41) is 0.744. The Morgan fingerprint density at radius 3 is 2.44 bits per heavy atom. The van der Waals surface area contributed by atoms with Gasteiger partial charge < -0.3 is 4.74 Å². The molecule has 82 valence electrons. The molecule has 0 N–H and O–H groups in total. The number of halogens is 2. The highest BCUT2D eigenvalue weighted by Gasteiger charge is 2.07. The fourth-order valence-electron chi connectivity index (χ4n) is 1.52. The summed E-state index contributed by atoms with van der Waals surface area (Å²) in [6.07, 6.45) is 0. The lowest BCUT2D eigenvalue weighted by Crippen LogP contribution is -1.85. The average Bonchev–Trinajstić information content (AvgIpc) is 2.30. The molecule has 0 unspecified atom stereocenters. The molecular formula is C13H10BrClO. The van der Waals surface area contributed by atoms with E-state index in [9.17, 15) is 0 Å². The Bertz CT molecular complexity index is 511. The molecule has 16 heavy (non-hydrogen) atoms. The molecule has 0 aliphatic rings. The van der Waals surface area contributed by atoms with Gasteiger partial charge in [0.25, 0.3) is 0 Å². The quantitative estimate of drug-likeness (QED) is 0.775. The second-order valence-electron chi connectivity index (χ2n) is 3.33. The van der Waals surface area contributed by atoms with Gasteiger partial charge in [-0.3, -0.25) is 0 Å². The zero-order valence-corrected chi connectivity index (χ0v) is 11.0. The molecule has 0 bridgehead atoms. The molecule has 0 aliphatic heterocycles. The second kappa shape index (κ2) is 4.89. The molecule has 0 aliphatic carbocycles. The van der Waals surface area contributed by atoms with Crippen LogP contribution in [0, 0.1) is 0 Å². The van der Waals surface area contributed by atoms with Gasteiger partial charge in [-0.05, 0) is 29.8 Å². The Labute approximate surface area is 108 Å². The molecule has 2 aromatic rings. The Kier molecular flexibility index (Phi) is 3.52. The van der Waals surface area contributed by atoms with Crippen LogP contribution < -0.4 is 4.74 Å². The van der Waals surface area contributed by atoms with E-state index >= 15 is 0 Å². The summed E-state index contributed by atoms with van der Waals surface area (Å²) in [6.45, 7) is 0. The number of hydrogen-bond donors (Lipinski definition) is 0. The number of benzene rings is 2. The molecule has 3 heteroatoms. The first-order valence-electron chi connectivity index (χ1n) is 4.81. The Morgan fingerprint density at radius 1 is 1.06 bits per heavy atom. The lowest BCUT2D eigenvalue weighted by Gasteiger charge is -2.08. The third-order valence-corrected chi connectivity index (χ3v) is 3.33. The van der Waals surface area contributed by atoms with Crippen molar-refractivity contribution in [2.75, 3.05) is 7.11 Å². The first kappa shape index (κ1) is 11.5. The zero-order valence-electron chi connectivity index (χ0n) is 8.71. The number of methoxy groups -OCH3 is 1. The molecular weight excluding hydrogens is 287 g/mol. The Balaban J connectivity index is 2.53. The lowest BCUT2D eigenvalue weighted by atomic mass is 10.1. The topological polar surface area (TPSA) is 9.23 Å². The van der Waals surface area contributed by atoms with Crippen LogP contribution >= 0.6 is 27.5 Å². The predicted octanol–water partition coefficient (Wildman–Crippen LogP) is 4.78. The predicted molar refractivity (Wildman–Crippen MR) is 71.1 cm³/mol. The van der Waals surface area contributed by atoms with Crippen LogP contribution in [0.1, 0.15) is 0 Å². The van der Waals surface area contributed by atoms with Crippen molar-refractivity contribution in [3.05, 3.63) is 52.0 Å². The number of ether oxygens (including phenoxy) is 1. The van der Waals surface area contributed by atoms with E-state index in [2.05, 4.69) is 15.9 Å². The standard InChI is InChI=1S/C13H10BrClO/c1-16-9-6-7-10(12(14)8-9)11-4-2-3-5-13(11)15/h2-8H,1H3. The van der Waals surface area contributed by atoms with E-state index in [4.69, 9.17) is 16.3 Å². The summed E-state index contributed by atoms with van der Waals surface area (Å²) >= 11 is 9.67. The van der Waals surface area contributed by atoms with Crippen LogP contribution in [0.2, 0.25) is 5.02 Å². The average molecular weight is 298 g/mol. The van der Waals surface area contributed by atoms with E-state index in [-0.39, 0.29) is 0 Å². The van der Waals surface area contributed by atoms with Gasteiger partial charge in [-0.1, -0.05) is 45.7 Å². The summed E-state index contributed by atoms with van der Waals surface area (Å²) in [7, 11) is 1.65. The lowest BCUT2D eigenvalue weighted by molar-refractivity contribution is 0.414. The molecule has 2 aromatic carbocycles. The summed E-state index contributed by atoms with van der Waals surface area (Å²) in [5.74, 6) is 0.822. The minimum atomic E-state index is 0.744. The highest BCUT2D eigenvalue weighted by molar-refractivity contribution is 9.10. The summed E-state index contributed by atoms with van der Waals surface area (Å²) in [5.41, 5.74) is 2.07. The molecule has 0 radical (unpaired) electrons. The van der Waals surface area contributed by atoms with Crippen molar-refractivity contribution in [3.8, 4) is 16.9 Å². The van der Waals surface area contributed by atoms with Crippen molar-refractivity contribution < 1.29 is 4.74 Å². The SMILES string of the molecule is COc1ccc(-c2ccccc2Cl)c(Br)c1. The molecule has 0 heterocycles. The van der Waals surface area contributed by atoms with E-state index in [0.717, 1.165) is 26.4 Å². The normalized spacial score (nSPS) is 10.2. The molecule has 0 saturated heterocycles.